The number of rotatable bonds is 5. The van der Waals surface area contributed by atoms with Crippen LogP contribution in [-0.2, 0) is 16.4 Å². The number of aromatic nitrogens is 2. The molecule has 30 heavy (non-hydrogen) atoms. The first-order valence-electron chi connectivity index (χ1n) is 9.62. The summed E-state index contributed by atoms with van der Waals surface area (Å²) in [5.41, 5.74) is 4.36. The van der Waals surface area contributed by atoms with Crippen molar-refractivity contribution < 1.29 is 8.42 Å². The second-order valence-electron chi connectivity index (χ2n) is 7.00. The Morgan fingerprint density at radius 1 is 0.900 bits per heavy atom. The molecule has 8 heteroatoms. The van der Waals surface area contributed by atoms with Gasteiger partial charge in [-0.05, 0) is 63.1 Å². The summed E-state index contributed by atoms with van der Waals surface area (Å²) < 4.78 is 29.7. The van der Waals surface area contributed by atoms with E-state index in [0.717, 1.165) is 23.4 Å². The van der Waals surface area contributed by atoms with Gasteiger partial charge in [-0.25, -0.2) is 9.97 Å². The average molecular weight is 424 g/mol. The molecule has 1 heterocycles. The van der Waals surface area contributed by atoms with Gasteiger partial charge in [-0.2, -0.15) is 8.42 Å². The second kappa shape index (κ2) is 9.04. The Morgan fingerprint density at radius 3 is 2.07 bits per heavy atom. The van der Waals surface area contributed by atoms with Crippen LogP contribution < -0.4 is 10.6 Å². The Labute approximate surface area is 177 Å². The largest absolute Gasteiger partial charge is 0.325 e. The predicted octanol–water partition coefficient (Wildman–Crippen LogP) is 4.23. The average Bonchev–Trinajstić information content (AvgIpc) is 2.67. The molecule has 3 aromatic rings. The molecular weight excluding hydrogens is 398 g/mol. The molecule has 2 aromatic carbocycles. The summed E-state index contributed by atoms with van der Waals surface area (Å²) in [4.78, 5) is 8.75. The smallest absolute Gasteiger partial charge is 0.285 e. The molecule has 0 spiro atoms. The van der Waals surface area contributed by atoms with E-state index in [0.29, 0.717) is 5.69 Å². The molecule has 0 aliphatic heterocycles. The standard InChI is InChI=1S/C22H25N5O2S/c1-5-18-8-10-19(11-9-18)25-22(26-21-23-16(3)14-17(4)24-21)27-30(28,29)20-12-6-15(2)7-13-20/h6-14H,5H2,1-4H3,(H2,23,24,25,26,27). The highest BCUT2D eigenvalue weighted by atomic mass is 32.2. The molecule has 156 valence electrons. The van der Waals surface area contributed by atoms with Crippen LogP contribution in [0.5, 0.6) is 0 Å². The molecule has 0 atom stereocenters. The molecule has 0 aliphatic rings. The number of anilines is 2. The van der Waals surface area contributed by atoms with Crippen LogP contribution in [-0.4, -0.2) is 24.3 Å². The fourth-order valence-corrected chi connectivity index (χ4v) is 3.73. The van der Waals surface area contributed by atoms with Gasteiger partial charge >= 0.3 is 0 Å². The van der Waals surface area contributed by atoms with Gasteiger partial charge in [-0.1, -0.05) is 36.8 Å². The lowest BCUT2D eigenvalue weighted by molar-refractivity contribution is 0.598. The van der Waals surface area contributed by atoms with Crippen LogP contribution in [0.2, 0.25) is 0 Å². The first-order chi connectivity index (χ1) is 14.2. The lowest BCUT2D eigenvalue weighted by Gasteiger charge is -2.13. The molecule has 0 bridgehead atoms. The van der Waals surface area contributed by atoms with Gasteiger partial charge in [-0.15, -0.1) is 4.40 Å². The molecule has 2 N–H and O–H groups in total. The van der Waals surface area contributed by atoms with Crippen LogP contribution in [0, 0.1) is 20.8 Å². The van der Waals surface area contributed by atoms with Gasteiger partial charge in [0.1, 0.15) is 0 Å². The first-order valence-corrected chi connectivity index (χ1v) is 11.1. The van der Waals surface area contributed by atoms with Gasteiger partial charge in [0, 0.05) is 17.1 Å². The summed E-state index contributed by atoms with van der Waals surface area (Å²) in [5, 5.41) is 5.95. The highest BCUT2D eigenvalue weighted by molar-refractivity contribution is 7.90. The number of guanidine groups is 1. The second-order valence-corrected chi connectivity index (χ2v) is 8.61. The fourth-order valence-electron chi connectivity index (χ4n) is 2.81. The maximum Gasteiger partial charge on any atom is 0.285 e. The summed E-state index contributed by atoms with van der Waals surface area (Å²) in [6.07, 6.45) is 0.914. The molecule has 0 amide bonds. The maximum absolute atomic E-state index is 12.9. The Morgan fingerprint density at radius 2 is 1.50 bits per heavy atom. The zero-order valence-electron chi connectivity index (χ0n) is 17.5. The van der Waals surface area contributed by atoms with Crippen molar-refractivity contribution in [1.29, 1.82) is 0 Å². The van der Waals surface area contributed by atoms with E-state index >= 15 is 0 Å². The summed E-state index contributed by atoms with van der Waals surface area (Å²) in [6, 6.07) is 16.1. The quantitative estimate of drug-likeness (QED) is 0.471. The number of benzene rings is 2. The third-order valence-electron chi connectivity index (χ3n) is 4.37. The van der Waals surface area contributed by atoms with Crippen molar-refractivity contribution in [3.63, 3.8) is 0 Å². The van der Waals surface area contributed by atoms with Crippen molar-refractivity contribution in [3.05, 3.63) is 77.1 Å². The summed E-state index contributed by atoms with van der Waals surface area (Å²) in [7, 11) is -3.94. The van der Waals surface area contributed by atoms with Crippen LogP contribution in [0.25, 0.3) is 0 Å². The summed E-state index contributed by atoms with van der Waals surface area (Å²) >= 11 is 0. The number of aryl methyl sites for hydroxylation is 4. The molecule has 0 aliphatic carbocycles. The van der Waals surface area contributed by atoms with Crippen LogP contribution in [0.1, 0.15) is 29.4 Å². The van der Waals surface area contributed by atoms with Crippen molar-refractivity contribution in [2.45, 2.75) is 39.0 Å². The summed E-state index contributed by atoms with van der Waals surface area (Å²) in [6.45, 7) is 7.65. The molecule has 0 radical (unpaired) electrons. The van der Waals surface area contributed by atoms with Crippen molar-refractivity contribution >= 4 is 27.6 Å². The molecule has 1 aromatic heterocycles. The van der Waals surface area contributed by atoms with Crippen LogP contribution >= 0.6 is 0 Å². The molecule has 0 saturated carbocycles. The van der Waals surface area contributed by atoms with Gasteiger partial charge < -0.3 is 5.32 Å². The third-order valence-corrected chi connectivity index (χ3v) is 5.66. The van der Waals surface area contributed by atoms with Crippen molar-refractivity contribution in [3.8, 4) is 0 Å². The molecule has 0 fully saturated rings. The van der Waals surface area contributed by atoms with Gasteiger partial charge in [0.05, 0.1) is 4.90 Å². The van der Waals surface area contributed by atoms with E-state index in [-0.39, 0.29) is 16.8 Å². The Hall–Kier alpha value is -3.26. The van der Waals surface area contributed by atoms with E-state index < -0.39 is 10.0 Å². The molecule has 7 nitrogen and oxygen atoms in total. The minimum absolute atomic E-state index is 0.0184. The zero-order chi connectivity index (χ0) is 21.7. The lowest BCUT2D eigenvalue weighted by Crippen LogP contribution is -2.25. The fraction of sp³-hybridized carbons (Fsp3) is 0.227. The van der Waals surface area contributed by atoms with E-state index in [4.69, 9.17) is 0 Å². The van der Waals surface area contributed by atoms with Gasteiger partial charge in [0.25, 0.3) is 10.0 Å². The van der Waals surface area contributed by atoms with Gasteiger partial charge in [-0.3, -0.25) is 5.32 Å². The topological polar surface area (TPSA) is 96.3 Å². The van der Waals surface area contributed by atoms with Crippen LogP contribution in [0.3, 0.4) is 0 Å². The number of hydrogen-bond acceptors (Lipinski definition) is 4. The van der Waals surface area contributed by atoms with Crippen molar-refractivity contribution in [1.82, 2.24) is 9.97 Å². The SMILES string of the molecule is CCc1ccc(N/C(=N/S(=O)(=O)c2ccc(C)cc2)Nc2nc(C)cc(C)n2)cc1. The first kappa shape index (κ1) is 21.4. The Balaban J connectivity index is 1.98. The molecular formula is C22H25N5O2S. The molecule has 3 rings (SSSR count). The zero-order valence-corrected chi connectivity index (χ0v) is 18.3. The Bertz CT molecular complexity index is 1130. The predicted molar refractivity (Wildman–Crippen MR) is 120 cm³/mol. The van der Waals surface area contributed by atoms with Crippen LogP contribution in [0.4, 0.5) is 11.6 Å². The van der Waals surface area contributed by atoms with Crippen molar-refractivity contribution in [2.24, 2.45) is 4.40 Å². The monoisotopic (exact) mass is 423 g/mol. The molecule has 0 unspecified atom stereocenters. The van der Waals surface area contributed by atoms with E-state index in [9.17, 15) is 8.42 Å². The lowest BCUT2D eigenvalue weighted by atomic mass is 10.1. The summed E-state index contributed by atoms with van der Waals surface area (Å²) in [5.74, 6) is 0.285. The number of hydrogen-bond donors (Lipinski definition) is 2. The Kier molecular flexibility index (Phi) is 6.47. The number of nitrogens with one attached hydrogen (secondary N) is 2. The van der Waals surface area contributed by atoms with Crippen LogP contribution in [0.15, 0.2) is 63.9 Å². The van der Waals surface area contributed by atoms with Gasteiger partial charge in [0.15, 0.2) is 0 Å². The van der Waals surface area contributed by atoms with E-state index in [1.54, 1.807) is 12.1 Å². The van der Waals surface area contributed by atoms with E-state index in [1.807, 2.05) is 51.1 Å². The minimum atomic E-state index is -3.94. The highest BCUT2D eigenvalue weighted by Gasteiger charge is 2.16. The maximum atomic E-state index is 12.9. The van der Waals surface area contributed by atoms with E-state index in [1.165, 1.54) is 17.7 Å². The van der Waals surface area contributed by atoms with E-state index in [2.05, 4.69) is 31.9 Å². The molecule has 0 saturated heterocycles. The van der Waals surface area contributed by atoms with Crippen molar-refractivity contribution in [2.75, 3.05) is 10.6 Å². The number of nitrogens with zero attached hydrogens (tertiary/aromatic N) is 3. The normalized spacial score (nSPS) is 11.9. The third kappa shape index (κ3) is 5.64. The number of sulfonamides is 1. The van der Waals surface area contributed by atoms with Gasteiger partial charge in [0.2, 0.25) is 11.9 Å². The minimum Gasteiger partial charge on any atom is -0.325 e. The highest BCUT2D eigenvalue weighted by Crippen LogP contribution is 2.16.